The summed E-state index contributed by atoms with van der Waals surface area (Å²) in [6.07, 6.45) is 7.53. The van der Waals surface area contributed by atoms with E-state index < -0.39 is 6.10 Å². The summed E-state index contributed by atoms with van der Waals surface area (Å²) in [6, 6.07) is 9.65. The van der Waals surface area contributed by atoms with Crippen molar-refractivity contribution in [1.82, 2.24) is 4.90 Å². The van der Waals surface area contributed by atoms with Gasteiger partial charge < -0.3 is 25.0 Å². The van der Waals surface area contributed by atoms with Gasteiger partial charge in [-0.15, -0.1) is 0 Å². The molecule has 4 aliphatic rings. The molecule has 1 aromatic carbocycles. The zero-order chi connectivity index (χ0) is 21.5. The zero-order valence-corrected chi connectivity index (χ0v) is 18.0. The van der Waals surface area contributed by atoms with Crippen LogP contribution in [0.3, 0.4) is 0 Å². The van der Waals surface area contributed by atoms with E-state index in [4.69, 9.17) is 9.84 Å². The SMILES string of the molecule is C.CO.O=C(OCc1ccccc1)N1CC(O)CC2CC2C1.OC1CCCC2CC2C1. The number of amides is 1. The molecular weight excluding hydrogens is 394 g/mol. The van der Waals surface area contributed by atoms with Crippen LogP contribution in [-0.4, -0.2) is 58.7 Å². The van der Waals surface area contributed by atoms with E-state index in [0.29, 0.717) is 25.0 Å². The molecule has 1 aliphatic heterocycles. The van der Waals surface area contributed by atoms with Gasteiger partial charge in [0, 0.05) is 20.2 Å². The van der Waals surface area contributed by atoms with Crippen LogP contribution in [0.2, 0.25) is 0 Å². The summed E-state index contributed by atoms with van der Waals surface area (Å²) in [7, 11) is 1.00. The van der Waals surface area contributed by atoms with Crippen molar-refractivity contribution in [2.24, 2.45) is 23.7 Å². The molecule has 0 radical (unpaired) electrons. The third kappa shape index (κ3) is 8.09. The van der Waals surface area contributed by atoms with E-state index in [2.05, 4.69) is 0 Å². The van der Waals surface area contributed by atoms with Gasteiger partial charge in [0.25, 0.3) is 0 Å². The Bertz CT molecular complexity index is 653. The highest BCUT2D eigenvalue weighted by Crippen LogP contribution is 2.48. The largest absolute Gasteiger partial charge is 0.445 e. The van der Waals surface area contributed by atoms with E-state index in [1.165, 1.54) is 19.3 Å². The van der Waals surface area contributed by atoms with Crippen LogP contribution in [0.25, 0.3) is 0 Å². The van der Waals surface area contributed by atoms with Crippen LogP contribution in [-0.2, 0) is 11.3 Å². The highest BCUT2D eigenvalue weighted by molar-refractivity contribution is 5.67. The number of carbonyl (C=O) groups excluding carboxylic acids is 1. The van der Waals surface area contributed by atoms with E-state index >= 15 is 0 Å². The second-order valence-electron chi connectivity index (χ2n) is 9.17. The Morgan fingerprint density at radius 1 is 0.903 bits per heavy atom. The number of hydrogen-bond donors (Lipinski definition) is 3. The lowest BCUT2D eigenvalue weighted by Gasteiger charge is -2.22. The van der Waals surface area contributed by atoms with Gasteiger partial charge >= 0.3 is 6.09 Å². The Hall–Kier alpha value is -1.63. The molecule has 31 heavy (non-hydrogen) atoms. The molecule has 5 rings (SSSR count). The van der Waals surface area contributed by atoms with Crippen LogP contribution in [0.5, 0.6) is 0 Å². The van der Waals surface area contributed by atoms with E-state index in [1.54, 1.807) is 4.90 Å². The Kier molecular flexibility index (Phi) is 10.3. The molecule has 3 aliphatic carbocycles. The van der Waals surface area contributed by atoms with Crippen molar-refractivity contribution in [1.29, 1.82) is 0 Å². The molecule has 6 heteroatoms. The molecule has 0 spiro atoms. The minimum atomic E-state index is -0.401. The first-order chi connectivity index (χ1) is 14.6. The standard InChI is InChI=1S/C15H19NO3.C8H14O.CH4O.CH4/c17-14-7-12-6-13(12)8-16(9-14)15(18)19-10-11-4-2-1-3-5-11;9-8-3-1-2-6-4-7(6)5-8;1-2;/h1-5,12-14,17H,6-10H2;6-9H,1-5H2;2H,1H3;1H4. The molecule has 1 saturated heterocycles. The minimum absolute atomic E-state index is 0. The van der Waals surface area contributed by atoms with Gasteiger partial charge in [-0.05, 0) is 61.3 Å². The second kappa shape index (κ2) is 12.4. The number of carbonyl (C=O) groups is 1. The van der Waals surface area contributed by atoms with Gasteiger partial charge in [0.2, 0.25) is 0 Å². The van der Waals surface area contributed by atoms with Crippen LogP contribution in [0.1, 0.15) is 57.9 Å². The van der Waals surface area contributed by atoms with Gasteiger partial charge in [-0.2, -0.15) is 0 Å². The fourth-order valence-electron chi connectivity index (χ4n) is 4.85. The highest BCUT2D eigenvalue weighted by atomic mass is 16.6. The van der Waals surface area contributed by atoms with Crippen molar-refractivity contribution in [3.63, 3.8) is 0 Å². The van der Waals surface area contributed by atoms with E-state index in [9.17, 15) is 15.0 Å². The number of rotatable bonds is 2. The van der Waals surface area contributed by atoms with Crippen molar-refractivity contribution >= 4 is 6.09 Å². The Labute approximate surface area is 187 Å². The summed E-state index contributed by atoms with van der Waals surface area (Å²) in [5.74, 6) is 3.12. The monoisotopic (exact) mass is 435 g/mol. The number of β-amino-alcohol motifs (C(OH)–C–C–N with tert-alkyl or cyclic N) is 1. The molecule has 1 heterocycles. The maximum Gasteiger partial charge on any atom is 0.410 e. The summed E-state index contributed by atoms with van der Waals surface area (Å²) < 4.78 is 5.31. The molecule has 4 fully saturated rings. The zero-order valence-electron chi connectivity index (χ0n) is 18.0. The highest BCUT2D eigenvalue weighted by Gasteiger charge is 2.43. The fraction of sp³-hybridized carbons (Fsp3) is 0.720. The number of benzene rings is 1. The summed E-state index contributed by atoms with van der Waals surface area (Å²) in [4.78, 5) is 13.7. The van der Waals surface area contributed by atoms with Crippen LogP contribution in [0.4, 0.5) is 4.79 Å². The van der Waals surface area contributed by atoms with Gasteiger partial charge in [-0.1, -0.05) is 50.6 Å². The lowest BCUT2D eigenvalue weighted by Crippen LogP contribution is -2.37. The van der Waals surface area contributed by atoms with Crippen LogP contribution < -0.4 is 0 Å². The second-order valence-corrected chi connectivity index (χ2v) is 9.17. The van der Waals surface area contributed by atoms with Gasteiger partial charge in [0.15, 0.2) is 0 Å². The number of likely N-dealkylation sites (tertiary alicyclic amines) is 1. The first-order valence-electron chi connectivity index (χ1n) is 11.3. The number of aliphatic hydroxyl groups is 3. The molecular formula is C25H41NO5. The lowest BCUT2D eigenvalue weighted by molar-refractivity contribution is 0.0705. The van der Waals surface area contributed by atoms with Crippen molar-refractivity contribution < 1.29 is 24.9 Å². The summed E-state index contributed by atoms with van der Waals surface area (Å²) in [6.45, 7) is 1.43. The topological polar surface area (TPSA) is 90.2 Å². The van der Waals surface area contributed by atoms with Crippen LogP contribution in [0.15, 0.2) is 30.3 Å². The molecule has 3 N–H and O–H groups in total. The lowest BCUT2D eigenvalue weighted by atomic mass is 10.1. The molecule has 6 atom stereocenters. The predicted octanol–water partition coefficient (Wildman–Crippen LogP) is 3.83. The molecule has 0 aromatic heterocycles. The van der Waals surface area contributed by atoms with Crippen molar-refractivity contribution in [3.05, 3.63) is 35.9 Å². The van der Waals surface area contributed by atoms with E-state index in [0.717, 1.165) is 56.7 Å². The summed E-state index contributed by atoms with van der Waals surface area (Å²) >= 11 is 0. The molecule has 3 saturated carbocycles. The Balaban J connectivity index is 0.000000239. The molecule has 6 unspecified atom stereocenters. The first-order valence-corrected chi connectivity index (χ1v) is 11.3. The van der Waals surface area contributed by atoms with Crippen LogP contribution in [0, 0.1) is 23.7 Å². The normalized spacial score (nSPS) is 32.6. The summed E-state index contributed by atoms with van der Waals surface area (Å²) in [5, 5.41) is 26.1. The maximum absolute atomic E-state index is 12.0. The van der Waals surface area contributed by atoms with Gasteiger partial charge in [0.05, 0.1) is 12.2 Å². The number of nitrogens with zero attached hydrogens (tertiary/aromatic N) is 1. The molecule has 1 amide bonds. The number of aliphatic hydroxyl groups excluding tert-OH is 3. The van der Waals surface area contributed by atoms with Crippen LogP contribution >= 0.6 is 0 Å². The Morgan fingerprint density at radius 2 is 1.55 bits per heavy atom. The molecule has 6 nitrogen and oxygen atoms in total. The van der Waals surface area contributed by atoms with Gasteiger partial charge in [-0.25, -0.2) is 4.79 Å². The number of fused-ring (bicyclic) bond motifs is 2. The van der Waals surface area contributed by atoms with E-state index in [1.807, 2.05) is 30.3 Å². The van der Waals surface area contributed by atoms with E-state index in [-0.39, 0.29) is 19.6 Å². The molecule has 0 bridgehead atoms. The first kappa shape index (κ1) is 25.6. The third-order valence-corrected chi connectivity index (χ3v) is 6.75. The van der Waals surface area contributed by atoms with Crippen molar-refractivity contribution in [2.75, 3.05) is 20.2 Å². The maximum atomic E-state index is 12.0. The average molecular weight is 436 g/mol. The molecule has 176 valence electrons. The predicted molar refractivity (Wildman–Crippen MR) is 121 cm³/mol. The smallest absolute Gasteiger partial charge is 0.410 e. The average Bonchev–Trinajstić information content (AvgIpc) is 3.64. The quantitative estimate of drug-likeness (QED) is 0.657. The minimum Gasteiger partial charge on any atom is -0.445 e. The Morgan fingerprint density at radius 3 is 2.29 bits per heavy atom. The van der Waals surface area contributed by atoms with Crippen molar-refractivity contribution in [3.8, 4) is 0 Å². The molecule has 1 aromatic rings. The fourth-order valence-corrected chi connectivity index (χ4v) is 4.85. The third-order valence-electron chi connectivity index (χ3n) is 6.75. The van der Waals surface area contributed by atoms with Gasteiger partial charge in [0.1, 0.15) is 6.61 Å². The number of ether oxygens (including phenoxy) is 1. The number of hydrogen-bond acceptors (Lipinski definition) is 5. The summed E-state index contributed by atoms with van der Waals surface area (Å²) in [5.41, 5.74) is 0.982. The van der Waals surface area contributed by atoms with Gasteiger partial charge in [-0.3, -0.25) is 0 Å². The van der Waals surface area contributed by atoms with Crippen molar-refractivity contribution in [2.45, 2.75) is 71.2 Å².